The van der Waals surface area contributed by atoms with Crippen molar-refractivity contribution in [2.45, 2.75) is 25.4 Å². The van der Waals surface area contributed by atoms with Gasteiger partial charge >= 0.3 is 6.03 Å². The van der Waals surface area contributed by atoms with Crippen LogP contribution in [0.5, 0.6) is 0 Å². The first-order valence-electron chi connectivity index (χ1n) is 8.69. The number of hydrogen-bond acceptors (Lipinski definition) is 2. The molecule has 4 nitrogen and oxygen atoms in total. The van der Waals surface area contributed by atoms with Gasteiger partial charge in [0.1, 0.15) is 5.82 Å². The first-order valence-corrected chi connectivity index (χ1v) is 8.69. The van der Waals surface area contributed by atoms with Gasteiger partial charge in [-0.25, -0.2) is 9.18 Å². The Hall–Kier alpha value is -2.40. The summed E-state index contributed by atoms with van der Waals surface area (Å²) in [4.78, 5) is 13.9. The molecule has 1 fully saturated rings. The second kappa shape index (κ2) is 8.12. The summed E-state index contributed by atoms with van der Waals surface area (Å²) in [5, 5.41) is 6.39. The van der Waals surface area contributed by atoms with E-state index in [0.29, 0.717) is 11.6 Å². The fourth-order valence-electron chi connectivity index (χ4n) is 3.27. The van der Waals surface area contributed by atoms with Gasteiger partial charge in [0.2, 0.25) is 0 Å². The monoisotopic (exact) mass is 341 g/mol. The van der Waals surface area contributed by atoms with Crippen LogP contribution in [0.4, 0.5) is 14.9 Å². The van der Waals surface area contributed by atoms with Gasteiger partial charge in [-0.1, -0.05) is 30.3 Å². The van der Waals surface area contributed by atoms with Gasteiger partial charge in [-0.2, -0.15) is 0 Å². The third-order valence-corrected chi connectivity index (χ3v) is 4.70. The lowest BCUT2D eigenvalue weighted by molar-refractivity contribution is 0.226. The summed E-state index contributed by atoms with van der Waals surface area (Å²) in [7, 11) is 1.69. The van der Waals surface area contributed by atoms with E-state index >= 15 is 0 Å². The lowest BCUT2D eigenvalue weighted by Crippen LogP contribution is -2.53. The summed E-state index contributed by atoms with van der Waals surface area (Å²) in [5.74, 6) is 0.236. The number of carbonyl (C=O) groups excluding carboxylic acids is 1. The van der Waals surface area contributed by atoms with Crippen molar-refractivity contribution >= 4 is 11.7 Å². The van der Waals surface area contributed by atoms with Crippen LogP contribution < -0.4 is 15.5 Å². The molecular formula is C20H24FN3O. The molecule has 0 aromatic heterocycles. The molecule has 2 aromatic rings. The van der Waals surface area contributed by atoms with Crippen LogP contribution in [0.25, 0.3) is 0 Å². The van der Waals surface area contributed by atoms with Crippen LogP contribution >= 0.6 is 0 Å². The van der Waals surface area contributed by atoms with Gasteiger partial charge in [-0.05, 0) is 61.6 Å². The lowest BCUT2D eigenvalue weighted by Gasteiger charge is -2.32. The number of urea groups is 1. The molecule has 1 saturated heterocycles. The summed E-state index contributed by atoms with van der Waals surface area (Å²) in [6.45, 7) is 0.892. The molecule has 0 bridgehead atoms. The number of nitrogens with one attached hydrogen (secondary N) is 2. The number of hydrogen-bond donors (Lipinski definition) is 2. The Balaban J connectivity index is 1.54. The van der Waals surface area contributed by atoms with Gasteiger partial charge in [0.05, 0.1) is 6.17 Å². The van der Waals surface area contributed by atoms with Crippen LogP contribution in [-0.4, -0.2) is 25.8 Å². The van der Waals surface area contributed by atoms with E-state index < -0.39 is 0 Å². The highest BCUT2D eigenvalue weighted by Crippen LogP contribution is 2.21. The Labute approximate surface area is 148 Å². The number of anilines is 1. The van der Waals surface area contributed by atoms with Crippen LogP contribution in [0.1, 0.15) is 18.4 Å². The number of piperidine rings is 1. The Morgan fingerprint density at radius 2 is 1.92 bits per heavy atom. The topological polar surface area (TPSA) is 44.4 Å². The quantitative estimate of drug-likeness (QED) is 0.893. The Kier molecular flexibility index (Phi) is 5.66. The fraction of sp³-hybridized carbons (Fsp3) is 0.350. The van der Waals surface area contributed by atoms with Gasteiger partial charge in [0.15, 0.2) is 0 Å². The van der Waals surface area contributed by atoms with E-state index in [1.54, 1.807) is 19.2 Å². The maximum absolute atomic E-state index is 13.0. The molecule has 1 aliphatic heterocycles. The summed E-state index contributed by atoms with van der Waals surface area (Å²) >= 11 is 0. The predicted molar refractivity (Wildman–Crippen MR) is 98.0 cm³/mol. The summed E-state index contributed by atoms with van der Waals surface area (Å²) in [6.07, 6.45) is 2.99. The maximum Gasteiger partial charge on any atom is 0.322 e. The Morgan fingerprint density at radius 1 is 1.20 bits per heavy atom. The normalized spacial score (nSPS) is 20.1. The largest absolute Gasteiger partial charge is 0.322 e. The summed E-state index contributed by atoms with van der Waals surface area (Å²) < 4.78 is 13.0. The molecule has 132 valence electrons. The zero-order valence-electron chi connectivity index (χ0n) is 14.4. The highest BCUT2D eigenvalue weighted by molar-refractivity contribution is 5.91. The van der Waals surface area contributed by atoms with E-state index in [4.69, 9.17) is 0 Å². The van der Waals surface area contributed by atoms with Crippen molar-refractivity contribution in [1.82, 2.24) is 10.6 Å². The van der Waals surface area contributed by atoms with E-state index in [-0.39, 0.29) is 18.0 Å². The predicted octanol–water partition coefficient (Wildman–Crippen LogP) is 3.54. The zero-order valence-corrected chi connectivity index (χ0v) is 14.4. The number of halogens is 1. The number of amides is 2. The molecule has 0 saturated carbocycles. The SMILES string of the molecule is CN(C(=O)N[C@@H]1C[C@@H](Cc2ccccc2)CCN1)c1ccc(F)cc1. The van der Waals surface area contributed by atoms with Crippen molar-refractivity contribution < 1.29 is 9.18 Å². The van der Waals surface area contributed by atoms with Crippen LogP contribution in [0.15, 0.2) is 54.6 Å². The minimum absolute atomic E-state index is 0.0436. The van der Waals surface area contributed by atoms with Gasteiger partial charge in [0.25, 0.3) is 0 Å². The lowest BCUT2D eigenvalue weighted by atomic mass is 9.89. The molecular weight excluding hydrogens is 317 g/mol. The van der Waals surface area contributed by atoms with Crippen LogP contribution in [0.2, 0.25) is 0 Å². The second-order valence-electron chi connectivity index (χ2n) is 6.57. The Bertz CT molecular complexity index is 690. The smallest absolute Gasteiger partial charge is 0.322 e. The molecule has 2 N–H and O–H groups in total. The minimum atomic E-state index is -0.310. The summed E-state index contributed by atoms with van der Waals surface area (Å²) in [6, 6.07) is 16.2. The maximum atomic E-state index is 13.0. The standard InChI is InChI=1S/C20H24FN3O/c1-24(18-9-7-17(21)8-10-18)20(25)23-19-14-16(11-12-22-19)13-15-5-3-2-4-6-15/h2-10,16,19,22H,11-14H2,1H3,(H,23,25)/t16-,19-/m1/s1. The van der Waals surface area contributed by atoms with Crippen LogP contribution in [-0.2, 0) is 6.42 Å². The van der Waals surface area contributed by atoms with Crippen molar-refractivity contribution in [2.75, 3.05) is 18.5 Å². The van der Waals surface area contributed by atoms with Gasteiger partial charge in [-0.3, -0.25) is 10.2 Å². The molecule has 2 amide bonds. The average molecular weight is 341 g/mol. The van der Waals surface area contributed by atoms with Crippen LogP contribution in [0.3, 0.4) is 0 Å². The number of benzene rings is 2. The zero-order chi connectivity index (χ0) is 17.6. The van der Waals surface area contributed by atoms with Gasteiger partial charge in [0, 0.05) is 12.7 Å². The first kappa shape index (κ1) is 17.4. The number of nitrogens with zero attached hydrogens (tertiary/aromatic N) is 1. The molecule has 2 atom stereocenters. The number of rotatable bonds is 4. The molecule has 2 aromatic carbocycles. The van der Waals surface area contributed by atoms with Gasteiger partial charge in [-0.15, -0.1) is 0 Å². The van der Waals surface area contributed by atoms with Crippen molar-refractivity contribution in [3.63, 3.8) is 0 Å². The molecule has 1 heterocycles. The van der Waals surface area contributed by atoms with E-state index in [0.717, 1.165) is 25.8 Å². The minimum Gasteiger partial charge on any atom is -0.322 e. The average Bonchev–Trinajstić information content (AvgIpc) is 2.63. The first-order chi connectivity index (χ1) is 12.1. The summed E-state index contributed by atoms with van der Waals surface area (Å²) in [5.41, 5.74) is 2.00. The van der Waals surface area contributed by atoms with Crippen molar-refractivity contribution in [3.05, 3.63) is 66.0 Å². The van der Waals surface area contributed by atoms with Crippen LogP contribution in [0, 0.1) is 11.7 Å². The number of carbonyl (C=O) groups is 1. The molecule has 0 radical (unpaired) electrons. The molecule has 5 heteroatoms. The Morgan fingerprint density at radius 3 is 2.64 bits per heavy atom. The van der Waals surface area contributed by atoms with E-state index in [9.17, 15) is 9.18 Å². The van der Waals surface area contributed by atoms with Crippen molar-refractivity contribution in [3.8, 4) is 0 Å². The van der Waals surface area contributed by atoms with E-state index in [1.807, 2.05) is 6.07 Å². The molecule has 25 heavy (non-hydrogen) atoms. The van der Waals surface area contributed by atoms with E-state index in [2.05, 4.69) is 34.9 Å². The fourth-order valence-corrected chi connectivity index (χ4v) is 3.27. The third kappa shape index (κ3) is 4.79. The third-order valence-electron chi connectivity index (χ3n) is 4.70. The second-order valence-corrected chi connectivity index (χ2v) is 6.57. The van der Waals surface area contributed by atoms with Gasteiger partial charge < -0.3 is 5.32 Å². The van der Waals surface area contributed by atoms with E-state index in [1.165, 1.54) is 22.6 Å². The molecule has 0 aliphatic carbocycles. The molecule has 1 aliphatic rings. The highest BCUT2D eigenvalue weighted by atomic mass is 19.1. The highest BCUT2D eigenvalue weighted by Gasteiger charge is 2.24. The molecule has 3 rings (SSSR count). The molecule has 0 spiro atoms. The van der Waals surface area contributed by atoms with Crippen molar-refractivity contribution in [1.29, 1.82) is 0 Å². The van der Waals surface area contributed by atoms with Crippen molar-refractivity contribution in [2.24, 2.45) is 5.92 Å². The molecule has 0 unspecified atom stereocenters.